The van der Waals surface area contributed by atoms with E-state index in [1.165, 1.54) is 0 Å². The van der Waals surface area contributed by atoms with Crippen molar-refractivity contribution in [2.75, 3.05) is 19.8 Å². The van der Waals surface area contributed by atoms with Crippen LogP contribution in [0.15, 0.2) is 0 Å². The predicted molar refractivity (Wildman–Crippen MR) is 71.3 cm³/mol. The zero-order valence-corrected chi connectivity index (χ0v) is 11.9. The third-order valence-electron chi connectivity index (χ3n) is 3.94. The van der Waals surface area contributed by atoms with Gasteiger partial charge >= 0.3 is 0 Å². The smallest absolute Gasteiger partial charge is 0.228 e. The van der Waals surface area contributed by atoms with Crippen LogP contribution < -0.4 is 0 Å². The van der Waals surface area contributed by atoms with Crippen molar-refractivity contribution in [2.45, 2.75) is 58.6 Å². The first kappa shape index (κ1) is 15.4. The van der Waals surface area contributed by atoms with Crippen molar-refractivity contribution in [1.82, 2.24) is 4.90 Å². The van der Waals surface area contributed by atoms with Crippen LogP contribution in [-0.2, 0) is 9.53 Å². The van der Waals surface area contributed by atoms with E-state index < -0.39 is 0 Å². The fourth-order valence-corrected chi connectivity index (χ4v) is 2.86. The monoisotopic (exact) mass is 257 g/mol. The van der Waals surface area contributed by atoms with Crippen molar-refractivity contribution in [2.24, 2.45) is 5.92 Å². The lowest BCUT2D eigenvalue weighted by atomic mass is 9.96. The number of rotatable bonds is 7. The number of aliphatic hydroxyl groups excluding tert-OH is 1. The molecule has 0 radical (unpaired) electrons. The highest BCUT2D eigenvalue weighted by Gasteiger charge is 2.36. The van der Waals surface area contributed by atoms with Crippen LogP contribution in [0.1, 0.15) is 46.5 Å². The van der Waals surface area contributed by atoms with Crippen LogP contribution in [0, 0.1) is 5.92 Å². The molecule has 106 valence electrons. The van der Waals surface area contributed by atoms with Gasteiger partial charge < -0.3 is 14.7 Å². The Bertz CT molecular complexity index is 253. The van der Waals surface area contributed by atoms with Gasteiger partial charge in [0.2, 0.25) is 5.91 Å². The van der Waals surface area contributed by atoms with E-state index in [0.29, 0.717) is 13.2 Å². The Morgan fingerprint density at radius 2 is 2.06 bits per heavy atom. The lowest BCUT2D eigenvalue weighted by Crippen LogP contribution is -2.46. The van der Waals surface area contributed by atoms with Crippen LogP contribution in [0.3, 0.4) is 0 Å². The van der Waals surface area contributed by atoms with Crippen molar-refractivity contribution in [3.63, 3.8) is 0 Å². The zero-order valence-electron chi connectivity index (χ0n) is 11.9. The lowest BCUT2D eigenvalue weighted by molar-refractivity contribution is -0.140. The maximum atomic E-state index is 12.6. The van der Waals surface area contributed by atoms with Crippen LogP contribution in [0.25, 0.3) is 0 Å². The van der Waals surface area contributed by atoms with Gasteiger partial charge in [0.25, 0.3) is 0 Å². The summed E-state index contributed by atoms with van der Waals surface area (Å²) in [6, 6.07) is 0.239. The molecule has 2 atom stereocenters. The van der Waals surface area contributed by atoms with E-state index in [9.17, 15) is 4.79 Å². The number of amides is 1. The second kappa shape index (κ2) is 7.74. The molecule has 1 heterocycles. The SMILES string of the molecule is CCC1OCCC1C(=O)N(CCO)C(CC)CC. The van der Waals surface area contributed by atoms with Crippen LogP contribution in [0.5, 0.6) is 0 Å². The Labute approximate surface area is 110 Å². The van der Waals surface area contributed by atoms with E-state index in [2.05, 4.69) is 20.8 Å². The molecule has 0 aromatic carbocycles. The average molecular weight is 257 g/mol. The van der Waals surface area contributed by atoms with E-state index in [4.69, 9.17) is 9.84 Å². The summed E-state index contributed by atoms with van der Waals surface area (Å²) in [5.41, 5.74) is 0. The molecule has 0 aliphatic carbocycles. The molecule has 0 aromatic heterocycles. The number of carbonyl (C=O) groups excluding carboxylic acids is 1. The van der Waals surface area contributed by atoms with Gasteiger partial charge in [0, 0.05) is 19.2 Å². The van der Waals surface area contributed by atoms with E-state index in [1.54, 1.807) is 0 Å². The van der Waals surface area contributed by atoms with Gasteiger partial charge in [-0.25, -0.2) is 0 Å². The van der Waals surface area contributed by atoms with Crippen molar-refractivity contribution in [3.05, 3.63) is 0 Å². The fraction of sp³-hybridized carbons (Fsp3) is 0.929. The number of nitrogens with zero attached hydrogens (tertiary/aromatic N) is 1. The molecule has 0 bridgehead atoms. The summed E-state index contributed by atoms with van der Waals surface area (Å²) >= 11 is 0. The summed E-state index contributed by atoms with van der Waals surface area (Å²) in [6.07, 6.45) is 3.64. The average Bonchev–Trinajstić information content (AvgIpc) is 2.86. The minimum atomic E-state index is -0.0119. The Morgan fingerprint density at radius 1 is 1.39 bits per heavy atom. The predicted octanol–water partition coefficient (Wildman–Crippen LogP) is 1.81. The normalized spacial score (nSPS) is 23.6. The van der Waals surface area contributed by atoms with E-state index in [1.807, 2.05) is 4.90 Å². The number of ether oxygens (including phenoxy) is 1. The lowest BCUT2D eigenvalue weighted by Gasteiger charge is -2.33. The maximum Gasteiger partial charge on any atom is 0.228 e. The van der Waals surface area contributed by atoms with Gasteiger partial charge in [-0.1, -0.05) is 20.8 Å². The summed E-state index contributed by atoms with van der Waals surface area (Å²) in [4.78, 5) is 14.5. The molecule has 1 N–H and O–H groups in total. The van der Waals surface area contributed by atoms with Crippen molar-refractivity contribution < 1.29 is 14.6 Å². The quantitative estimate of drug-likeness (QED) is 0.756. The summed E-state index contributed by atoms with van der Waals surface area (Å²) in [5, 5.41) is 9.17. The maximum absolute atomic E-state index is 12.6. The van der Waals surface area contributed by atoms with E-state index in [0.717, 1.165) is 25.7 Å². The summed E-state index contributed by atoms with van der Waals surface area (Å²) in [6.45, 7) is 7.40. The van der Waals surface area contributed by atoms with Gasteiger partial charge in [0.05, 0.1) is 18.6 Å². The molecule has 18 heavy (non-hydrogen) atoms. The topological polar surface area (TPSA) is 49.8 Å². The standard InChI is InChI=1S/C14H27NO3/c1-4-11(5-2)15(8-9-16)14(17)12-7-10-18-13(12)6-3/h11-13,16H,4-10H2,1-3H3. The van der Waals surface area contributed by atoms with Crippen LogP contribution in [0.4, 0.5) is 0 Å². The first-order chi connectivity index (χ1) is 8.69. The van der Waals surface area contributed by atoms with Gasteiger partial charge in [-0.2, -0.15) is 0 Å². The Kier molecular flexibility index (Phi) is 6.65. The molecule has 1 aliphatic heterocycles. The van der Waals surface area contributed by atoms with Crippen molar-refractivity contribution in [3.8, 4) is 0 Å². The minimum absolute atomic E-state index is 0.0119. The van der Waals surface area contributed by atoms with Crippen LogP contribution >= 0.6 is 0 Å². The van der Waals surface area contributed by atoms with E-state index >= 15 is 0 Å². The molecule has 0 spiro atoms. The molecule has 2 unspecified atom stereocenters. The molecule has 0 aromatic rings. The second-order valence-corrected chi connectivity index (χ2v) is 4.94. The van der Waals surface area contributed by atoms with Crippen LogP contribution in [-0.4, -0.2) is 47.8 Å². The summed E-state index contributed by atoms with van der Waals surface area (Å²) in [5.74, 6) is 0.157. The van der Waals surface area contributed by atoms with Crippen molar-refractivity contribution >= 4 is 5.91 Å². The molecule has 4 heteroatoms. The largest absolute Gasteiger partial charge is 0.395 e. The number of aliphatic hydroxyl groups is 1. The van der Waals surface area contributed by atoms with Gasteiger partial charge in [-0.05, 0) is 25.7 Å². The molecule has 1 aliphatic rings. The highest BCUT2D eigenvalue weighted by Crippen LogP contribution is 2.26. The number of hydrogen-bond acceptors (Lipinski definition) is 3. The molecule has 4 nitrogen and oxygen atoms in total. The molecule has 1 amide bonds. The third-order valence-corrected chi connectivity index (χ3v) is 3.94. The van der Waals surface area contributed by atoms with Crippen LogP contribution in [0.2, 0.25) is 0 Å². The first-order valence-corrected chi connectivity index (χ1v) is 7.22. The van der Waals surface area contributed by atoms with Gasteiger partial charge in [0.15, 0.2) is 0 Å². The summed E-state index contributed by atoms with van der Waals surface area (Å²) in [7, 11) is 0. The highest BCUT2D eigenvalue weighted by molar-refractivity contribution is 5.80. The molecule has 1 rings (SSSR count). The number of carbonyl (C=O) groups is 1. The molecule has 1 saturated heterocycles. The fourth-order valence-electron chi connectivity index (χ4n) is 2.86. The Morgan fingerprint density at radius 3 is 2.56 bits per heavy atom. The first-order valence-electron chi connectivity index (χ1n) is 7.22. The molecule has 1 fully saturated rings. The molecular weight excluding hydrogens is 230 g/mol. The second-order valence-electron chi connectivity index (χ2n) is 4.94. The Hall–Kier alpha value is -0.610. The highest BCUT2D eigenvalue weighted by atomic mass is 16.5. The molecular formula is C14H27NO3. The Balaban J connectivity index is 2.74. The van der Waals surface area contributed by atoms with Gasteiger partial charge in [-0.15, -0.1) is 0 Å². The minimum Gasteiger partial charge on any atom is -0.395 e. The van der Waals surface area contributed by atoms with Gasteiger partial charge in [-0.3, -0.25) is 4.79 Å². The summed E-state index contributed by atoms with van der Waals surface area (Å²) < 4.78 is 5.60. The van der Waals surface area contributed by atoms with E-state index in [-0.39, 0.29) is 30.6 Å². The third kappa shape index (κ3) is 3.45. The van der Waals surface area contributed by atoms with Crippen molar-refractivity contribution in [1.29, 1.82) is 0 Å². The zero-order chi connectivity index (χ0) is 13.5. The number of hydrogen-bond donors (Lipinski definition) is 1. The molecule has 0 saturated carbocycles. The van der Waals surface area contributed by atoms with Gasteiger partial charge in [0.1, 0.15) is 0 Å².